The first-order valence-corrected chi connectivity index (χ1v) is 4.85. The lowest BCUT2D eigenvalue weighted by Gasteiger charge is -2.28. The third-order valence-corrected chi connectivity index (χ3v) is 2.62. The SMILES string of the molecule is CC(CC1CC1)(NCC(F)(F)F)C(N)=O. The number of hydrogen-bond donors (Lipinski definition) is 2. The molecular weight excluding hydrogens is 209 g/mol. The van der Waals surface area contributed by atoms with Crippen LogP contribution in [0.4, 0.5) is 13.2 Å². The minimum Gasteiger partial charge on any atom is -0.368 e. The fourth-order valence-electron chi connectivity index (χ4n) is 1.45. The molecule has 0 saturated heterocycles. The van der Waals surface area contributed by atoms with Crippen molar-refractivity contribution in [1.29, 1.82) is 0 Å². The monoisotopic (exact) mass is 224 g/mol. The Labute approximate surface area is 86.2 Å². The highest BCUT2D eigenvalue weighted by Crippen LogP contribution is 2.36. The highest BCUT2D eigenvalue weighted by atomic mass is 19.4. The van der Waals surface area contributed by atoms with Crippen LogP contribution >= 0.6 is 0 Å². The van der Waals surface area contributed by atoms with Crippen molar-refractivity contribution in [2.24, 2.45) is 11.7 Å². The molecule has 0 spiro atoms. The largest absolute Gasteiger partial charge is 0.401 e. The van der Waals surface area contributed by atoms with E-state index in [1.54, 1.807) is 0 Å². The highest BCUT2D eigenvalue weighted by molar-refractivity contribution is 5.84. The van der Waals surface area contributed by atoms with Gasteiger partial charge in [-0.15, -0.1) is 0 Å². The Morgan fingerprint density at radius 1 is 1.47 bits per heavy atom. The van der Waals surface area contributed by atoms with E-state index in [2.05, 4.69) is 5.32 Å². The summed E-state index contributed by atoms with van der Waals surface area (Å²) in [7, 11) is 0. The standard InChI is InChI=1S/C9H15F3N2O/c1-8(7(13)15,4-6-2-3-6)14-5-9(10,11)12/h6,14H,2-5H2,1H3,(H2,13,15). The van der Waals surface area contributed by atoms with E-state index in [0.29, 0.717) is 12.3 Å². The number of hydrogen-bond acceptors (Lipinski definition) is 2. The van der Waals surface area contributed by atoms with E-state index >= 15 is 0 Å². The van der Waals surface area contributed by atoms with Crippen molar-refractivity contribution in [2.45, 2.75) is 37.9 Å². The summed E-state index contributed by atoms with van der Waals surface area (Å²) in [6.07, 6.45) is -1.99. The zero-order valence-corrected chi connectivity index (χ0v) is 8.53. The lowest BCUT2D eigenvalue weighted by Crippen LogP contribution is -2.55. The summed E-state index contributed by atoms with van der Waals surface area (Å²) in [5.74, 6) is -0.387. The van der Waals surface area contributed by atoms with E-state index in [-0.39, 0.29) is 0 Å². The minimum atomic E-state index is -4.32. The zero-order valence-electron chi connectivity index (χ0n) is 8.53. The second kappa shape index (κ2) is 4.00. The maximum atomic E-state index is 12.0. The van der Waals surface area contributed by atoms with Crippen molar-refractivity contribution < 1.29 is 18.0 Å². The van der Waals surface area contributed by atoms with Gasteiger partial charge in [0.1, 0.15) is 0 Å². The van der Waals surface area contributed by atoms with E-state index in [9.17, 15) is 18.0 Å². The molecule has 1 fully saturated rings. The smallest absolute Gasteiger partial charge is 0.368 e. The summed E-state index contributed by atoms with van der Waals surface area (Å²) >= 11 is 0. The molecule has 3 N–H and O–H groups in total. The highest BCUT2D eigenvalue weighted by Gasteiger charge is 2.40. The number of rotatable bonds is 5. The summed E-state index contributed by atoms with van der Waals surface area (Å²) in [5, 5.41) is 2.21. The number of amides is 1. The lowest BCUT2D eigenvalue weighted by molar-refractivity contribution is -0.135. The maximum absolute atomic E-state index is 12.0. The normalized spacial score (nSPS) is 21.1. The number of primary amides is 1. The van der Waals surface area contributed by atoms with Gasteiger partial charge in [-0.1, -0.05) is 12.8 Å². The van der Waals surface area contributed by atoms with Crippen LogP contribution in [0, 0.1) is 5.92 Å². The Bertz CT molecular complexity index is 250. The van der Waals surface area contributed by atoms with Gasteiger partial charge in [0.05, 0.1) is 12.1 Å². The molecule has 1 amide bonds. The van der Waals surface area contributed by atoms with Gasteiger partial charge in [-0.05, 0) is 19.3 Å². The molecule has 6 heteroatoms. The number of alkyl halides is 3. The van der Waals surface area contributed by atoms with Gasteiger partial charge < -0.3 is 5.73 Å². The number of nitrogens with one attached hydrogen (secondary N) is 1. The lowest BCUT2D eigenvalue weighted by atomic mass is 9.94. The molecule has 3 nitrogen and oxygen atoms in total. The third-order valence-electron chi connectivity index (χ3n) is 2.62. The third kappa shape index (κ3) is 4.07. The van der Waals surface area contributed by atoms with E-state index in [1.165, 1.54) is 6.92 Å². The van der Waals surface area contributed by atoms with Crippen molar-refractivity contribution in [3.63, 3.8) is 0 Å². The quantitative estimate of drug-likeness (QED) is 0.736. The molecule has 0 radical (unpaired) electrons. The van der Waals surface area contributed by atoms with Crippen molar-refractivity contribution in [3.8, 4) is 0 Å². The molecular formula is C9H15F3N2O. The van der Waals surface area contributed by atoms with E-state index in [0.717, 1.165) is 12.8 Å². The molecule has 1 aliphatic rings. The summed E-state index contributed by atoms with van der Waals surface area (Å²) in [5.41, 5.74) is 3.87. The molecule has 15 heavy (non-hydrogen) atoms. The molecule has 1 saturated carbocycles. The first-order valence-electron chi connectivity index (χ1n) is 4.85. The molecule has 1 aliphatic carbocycles. The number of carbonyl (C=O) groups excluding carboxylic acids is 1. The fourth-order valence-corrected chi connectivity index (χ4v) is 1.45. The van der Waals surface area contributed by atoms with Crippen molar-refractivity contribution in [3.05, 3.63) is 0 Å². The fraction of sp³-hybridized carbons (Fsp3) is 0.889. The Hall–Kier alpha value is -0.780. The van der Waals surface area contributed by atoms with E-state index in [4.69, 9.17) is 5.73 Å². The summed E-state index contributed by atoms with van der Waals surface area (Å²) in [6.45, 7) is 0.249. The second-order valence-corrected chi connectivity index (χ2v) is 4.31. The Morgan fingerprint density at radius 2 is 2.00 bits per heavy atom. The molecule has 1 unspecified atom stereocenters. The molecule has 0 aromatic carbocycles. The first-order chi connectivity index (χ1) is 6.73. The van der Waals surface area contributed by atoms with Crippen LogP contribution in [0.1, 0.15) is 26.2 Å². The average Bonchev–Trinajstić information content (AvgIpc) is 2.83. The molecule has 88 valence electrons. The van der Waals surface area contributed by atoms with Gasteiger partial charge in [0, 0.05) is 0 Å². The minimum absolute atomic E-state index is 0.336. The zero-order chi connectivity index (χ0) is 11.7. The summed E-state index contributed by atoms with van der Waals surface area (Å²) in [4.78, 5) is 11.1. The van der Waals surface area contributed by atoms with Crippen LogP contribution in [-0.4, -0.2) is 24.2 Å². The Kier molecular flexibility index (Phi) is 3.28. The van der Waals surface area contributed by atoms with Crippen molar-refractivity contribution in [1.82, 2.24) is 5.32 Å². The molecule has 0 aromatic heterocycles. The molecule has 0 aromatic rings. The number of halogens is 3. The van der Waals surface area contributed by atoms with Crippen LogP contribution in [0.5, 0.6) is 0 Å². The van der Waals surface area contributed by atoms with Crippen LogP contribution in [0.3, 0.4) is 0 Å². The molecule has 0 aliphatic heterocycles. The van der Waals surface area contributed by atoms with Gasteiger partial charge in [-0.3, -0.25) is 10.1 Å². The van der Waals surface area contributed by atoms with Crippen LogP contribution in [0.15, 0.2) is 0 Å². The molecule has 1 atom stereocenters. The predicted octanol–water partition coefficient (Wildman–Crippen LogP) is 1.18. The molecule has 0 heterocycles. The molecule has 1 rings (SSSR count). The van der Waals surface area contributed by atoms with Gasteiger partial charge in [0.25, 0.3) is 0 Å². The van der Waals surface area contributed by atoms with Crippen molar-refractivity contribution >= 4 is 5.91 Å². The van der Waals surface area contributed by atoms with Crippen LogP contribution in [0.2, 0.25) is 0 Å². The summed E-state index contributed by atoms with van der Waals surface area (Å²) in [6, 6.07) is 0. The summed E-state index contributed by atoms with van der Waals surface area (Å²) < 4.78 is 36.0. The van der Waals surface area contributed by atoms with E-state index in [1.807, 2.05) is 0 Å². The topological polar surface area (TPSA) is 55.1 Å². The average molecular weight is 224 g/mol. The first kappa shape index (κ1) is 12.3. The van der Waals surface area contributed by atoms with Gasteiger partial charge in [0.15, 0.2) is 0 Å². The molecule has 0 bridgehead atoms. The second-order valence-electron chi connectivity index (χ2n) is 4.31. The Morgan fingerprint density at radius 3 is 2.33 bits per heavy atom. The van der Waals surface area contributed by atoms with Crippen LogP contribution in [-0.2, 0) is 4.79 Å². The number of nitrogens with two attached hydrogens (primary N) is 1. The van der Waals surface area contributed by atoms with Crippen molar-refractivity contribution in [2.75, 3.05) is 6.54 Å². The Balaban J connectivity index is 2.52. The van der Waals surface area contributed by atoms with Gasteiger partial charge >= 0.3 is 6.18 Å². The van der Waals surface area contributed by atoms with Crippen LogP contribution < -0.4 is 11.1 Å². The number of carbonyl (C=O) groups is 1. The van der Waals surface area contributed by atoms with Gasteiger partial charge in [-0.2, -0.15) is 13.2 Å². The maximum Gasteiger partial charge on any atom is 0.401 e. The van der Waals surface area contributed by atoms with Gasteiger partial charge in [-0.25, -0.2) is 0 Å². The van der Waals surface area contributed by atoms with Crippen LogP contribution in [0.25, 0.3) is 0 Å². The predicted molar refractivity (Wildman–Crippen MR) is 49.0 cm³/mol. The van der Waals surface area contributed by atoms with Gasteiger partial charge in [0.2, 0.25) is 5.91 Å². The van der Waals surface area contributed by atoms with E-state index < -0.39 is 24.2 Å².